The van der Waals surface area contributed by atoms with E-state index < -0.39 is 0 Å². The number of halogens is 1. The first kappa shape index (κ1) is 18.6. The van der Waals surface area contributed by atoms with Gasteiger partial charge in [0.25, 0.3) is 5.91 Å². The van der Waals surface area contributed by atoms with Crippen LogP contribution in [-0.2, 0) is 6.54 Å². The molecular weight excluding hydrogens is 400 g/mol. The Hall–Kier alpha value is -3.45. The first-order chi connectivity index (χ1) is 14.6. The first-order valence-corrected chi connectivity index (χ1v) is 10.0. The average Bonchev–Trinajstić information content (AvgIpc) is 3.23. The van der Waals surface area contributed by atoms with Crippen LogP contribution in [0.2, 0.25) is 5.02 Å². The van der Waals surface area contributed by atoms with E-state index in [9.17, 15) is 4.79 Å². The number of likely N-dealkylation sites (N-methyl/N-ethyl adjacent to an activating group) is 1. The lowest BCUT2D eigenvalue weighted by molar-refractivity contribution is 0.0986. The van der Waals surface area contributed by atoms with E-state index in [-0.39, 0.29) is 5.91 Å². The van der Waals surface area contributed by atoms with Crippen molar-refractivity contribution in [2.24, 2.45) is 0 Å². The smallest absolute Gasteiger partial charge is 0.262 e. The van der Waals surface area contributed by atoms with E-state index in [4.69, 9.17) is 21.6 Å². The summed E-state index contributed by atoms with van der Waals surface area (Å²) in [5.74, 6) is 1.14. The SMILES string of the molecule is CN1CCN(C(=O)c2cnn(Cc3ccccc3Cl)c2)c2nc3ccccc3nc21. The Morgan fingerprint density at radius 2 is 1.70 bits per heavy atom. The molecule has 0 spiro atoms. The number of nitrogens with zero attached hydrogens (tertiary/aromatic N) is 6. The van der Waals surface area contributed by atoms with E-state index in [1.54, 1.807) is 22.0 Å². The van der Waals surface area contributed by atoms with Crippen LogP contribution in [0.3, 0.4) is 0 Å². The summed E-state index contributed by atoms with van der Waals surface area (Å²) in [6, 6.07) is 15.3. The molecular formula is C22H19ClN6O. The van der Waals surface area contributed by atoms with Crippen molar-refractivity contribution in [3.63, 3.8) is 0 Å². The van der Waals surface area contributed by atoms with E-state index in [2.05, 4.69) is 5.10 Å². The molecule has 30 heavy (non-hydrogen) atoms. The van der Waals surface area contributed by atoms with Crippen molar-refractivity contribution in [3.8, 4) is 0 Å². The number of amides is 1. The number of benzene rings is 2. The van der Waals surface area contributed by atoms with Gasteiger partial charge >= 0.3 is 0 Å². The Labute approximate surface area is 178 Å². The summed E-state index contributed by atoms with van der Waals surface area (Å²) in [4.78, 5) is 26.5. The van der Waals surface area contributed by atoms with Crippen LogP contribution in [0.25, 0.3) is 11.0 Å². The molecule has 0 bridgehead atoms. The van der Waals surface area contributed by atoms with Gasteiger partial charge in [-0.05, 0) is 23.8 Å². The van der Waals surface area contributed by atoms with Gasteiger partial charge in [0.05, 0.1) is 29.3 Å². The predicted octanol–water partition coefficient (Wildman–Crippen LogP) is 3.62. The molecule has 0 atom stereocenters. The number of para-hydroxylation sites is 2. The fraction of sp³-hybridized carbons (Fsp3) is 0.182. The lowest BCUT2D eigenvalue weighted by atomic mass is 10.2. The van der Waals surface area contributed by atoms with Gasteiger partial charge in [0.1, 0.15) is 0 Å². The first-order valence-electron chi connectivity index (χ1n) is 9.66. The van der Waals surface area contributed by atoms with E-state index in [0.717, 1.165) is 16.6 Å². The molecule has 7 nitrogen and oxygen atoms in total. The largest absolute Gasteiger partial charge is 0.355 e. The molecule has 8 heteroatoms. The highest BCUT2D eigenvalue weighted by atomic mass is 35.5. The van der Waals surface area contributed by atoms with Crippen molar-refractivity contribution < 1.29 is 4.79 Å². The molecule has 0 unspecified atom stereocenters. The van der Waals surface area contributed by atoms with Gasteiger partial charge in [-0.15, -0.1) is 0 Å². The highest BCUT2D eigenvalue weighted by Crippen LogP contribution is 2.31. The highest BCUT2D eigenvalue weighted by molar-refractivity contribution is 6.31. The zero-order valence-electron chi connectivity index (χ0n) is 16.4. The van der Waals surface area contributed by atoms with Crippen LogP contribution in [0.1, 0.15) is 15.9 Å². The maximum atomic E-state index is 13.3. The summed E-state index contributed by atoms with van der Waals surface area (Å²) < 4.78 is 1.72. The Bertz CT molecular complexity index is 1250. The van der Waals surface area contributed by atoms with Gasteiger partial charge in [0, 0.05) is 31.4 Å². The van der Waals surface area contributed by atoms with Crippen LogP contribution in [0.4, 0.5) is 11.6 Å². The topological polar surface area (TPSA) is 67.2 Å². The molecule has 1 aliphatic rings. The molecule has 0 fully saturated rings. The zero-order chi connectivity index (χ0) is 20.7. The molecule has 0 saturated heterocycles. The third kappa shape index (κ3) is 3.27. The van der Waals surface area contributed by atoms with Crippen LogP contribution < -0.4 is 9.80 Å². The number of hydrogen-bond donors (Lipinski definition) is 0. The molecule has 4 aromatic rings. The maximum Gasteiger partial charge on any atom is 0.262 e. The Balaban J connectivity index is 1.46. The van der Waals surface area contributed by atoms with Gasteiger partial charge in [-0.3, -0.25) is 14.4 Å². The molecule has 0 N–H and O–H groups in total. The zero-order valence-corrected chi connectivity index (χ0v) is 17.1. The molecule has 3 heterocycles. The van der Waals surface area contributed by atoms with E-state index in [1.807, 2.05) is 60.5 Å². The molecule has 150 valence electrons. The highest BCUT2D eigenvalue weighted by Gasteiger charge is 2.29. The molecule has 5 rings (SSSR count). The van der Waals surface area contributed by atoms with Crippen molar-refractivity contribution in [2.45, 2.75) is 6.54 Å². The minimum absolute atomic E-state index is 0.140. The van der Waals surface area contributed by atoms with Crippen molar-refractivity contribution in [1.29, 1.82) is 0 Å². The summed E-state index contributed by atoms with van der Waals surface area (Å²) in [5.41, 5.74) is 3.03. The number of carbonyl (C=O) groups excluding carboxylic acids is 1. The number of aromatic nitrogens is 4. The Kier molecular flexibility index (Phi) is 4.59. The minimum Gasteiger partial charge on any atom is -0.355 e. The summed E-state index contributed by atoms with van der Waals surface area (Å²) in [6.07, 6.45) is 3.34. The van der Waals surface area contributed by atoms with Crippen molar-refractivity contribution >= 4 is 40.2 Å². The third-order valence-electron chi connectivity index (χ3n) is 5.23. The number of anilines is 2. The number of fused-ring (bicyclic) bond motifs is 2. The summed E-state index contributed by atoms with van der Waals surface area (Å²) in [6.45, 7) is 1.71. The van der Waals surface area contributed by atoms with E-state index in [0.29, 0.717) is 41.9 Å². The predicted molar refractivity (Wildman–Crippen MR) is 117 cm³/mol. The van der Waals surface area contributed by atoms with Crippen molar-refractivity contribution in [1.82, 2.24) is 19.7 Å². The van der Waals surface area contributed by atoms with E-state index in [1.165, 1.54) is 0 Å². The fourth-order valence-corrected chi connectivity index (χ4v) is 3.79. The fourth-order valence-electron chi connectivity index (χ4n) is 3.60. The lowest BCUT2D eigenvalue weighted by Gasteiger charge is -2.33. The van der Waals surface area contributed by atoms with Crippen LogP contribution in [-0.4, -0.2) is 45.8 Å². The van der Waals surface area contributed by atoms with Gasteiger partial charge in [-0.25, -0.2) is 9.97 Å². The van der Waals surface area contributed by atoms with E-state index >= 15 is 0 Å². The quantitative estimate of drug-likeness (QED) is 0.508. The van der Waals surface area contributed by atoms with Gasteiger partial charge in [-0.1, -0.05) is 41.9 Å². The summed E-state index contributed by atoms with van der Waals surface area (Å²) in [7, 11) is 1.96. The second kappa shape index (κ2) is 7.42. The van der Waals surface area contributed by atoms with Gasteiger partial charge in [0.15, 0.2) is 11.6 Å². The normalized spacial score (nSPS) is 13.5. The average molecular weight is 419 g/mol. The second-order valence-electron chi connectivity index (χ2n) is 7.26. The minimum atomic E-state index is -0.140. The standard InChI is InChI=1S/C22H19ClN6O/c1-27-10-11-29(21-20(27)25-18-8-4-5-9-19(18)26-21)22(30)16-12-24-28(14-16)13-15-6-2-3-7-17(15)23/h2-9,12,14H,10-11,13H2,1H3. The Morgan fingerprint density at radius 1 is 1.00 bits per heavy atom. The van der Waals surface area contributed by atoms with Gasteiger partial charge in [-0.2, -0.15) is 5.10 Å². The molecule has 0 radical (unpaired) electrons. The molecule has 0 aliphatic carbocycles. The molecule has 1 amide bonds. The number of rotatable bonds is 3. The monoisotopic (exact) mass is 418 g/mol. The third-order valence-corrected chi connectivity index (χ3v) is 5.59. The second-order valence-corrected chi connectivity index (χ2v) is 7.66. The maximum absolute atomic E-state index is 13.3. The summed E-state index contributed by atoms with van der Waals surface area (Å²) >= 11 is 6.25. The molecule has 1 aliphatic heterocycles. The van der Waals surface area contributed by atoms with Crippen LogP contribution in [0.5, 0.6) is 0 Å². The van der Waals surface area contributed by atoms with Gasteiger partial charge in [0.2, 0.25) is 0 Å². The summed E-state index contributed by atoms with van der Waals surface area (Å²) in [5, 5.41) is 5.03. The molecule has 0 saturated carbocycles. The van der Waals surface area contributed by atoms with Gasteiger partial charge < -0.3 is 4.90 Å². The number of hydrogen-bond acceptors (Lipinski definition) is 5. The van der Waals surface area contributed by atoms with Crippen molar-refractivity contribution in [2.75, 3.05) is 29.9 Å². The number of carbonyl (C=O) groups is 1. The molecule has 2 aromatic heterocycles. The van der Waals surface area contributed by atoms with Crippen molar-refractivity contribution in [3.05, 3.63) is 77.1 Å². The van der Waals surface area contributed by atoms with Crippen LogP contribution >= 0.6 is 11.6 Å². The van der Waals surface area contributed by atoms with Crippen LogP contribution in [0, 0.1) is 0 Å². The Morgan fingerprint density at radius 3 is 2.47 bits per heavy atom. The lowest BCUT2D eigenvalue weighted by Crippen LogP contribution is -2.43. The molecule has 2 aromatic carbocycles. The van der Waals surface area contributed by atoms with Crippen LogP contribution in [0.15, 0.2) is 60.9 Å².